The second-order valence-corrected chi connectivity index (χ2v) is 8.42. The zero-order valence-electron chi connectivity index (χ0n) is 16.8. The first kappa shape index (κ1) is 21.4. The molecule has 1 aliphatic heterocycles. The topological polar surface area (TPSA) is 64.1 Å². The van der Waals surface area contributed by atoms with E-state index in [1.165, 1.54) is 4.88 Å². The number of carbonyl (C=O) groups excluding carboxylic acids is 1. The summed E-state index contributed by atoms with van der Waals surface area (Å²) in [6, 6.07) is 6.15. The van der Waals surface area contributed by atoms with Crippen LogP contribution in [0.4, 0.5) is 5.69 Å². The van der Waals surface area contributed by atoms with Crippen LogP contribution in [0.1, 0.15) is 4.88 Å². The first-order valence-electron chi connectivity index (χ1n) is 9.65. The smallest absolute Gasteiger partial charge is 0.243 e. The van der Waals surface area contributed by atoms with Crippen LogP contribution in [0.5, 0.6) is 0 Å². The monoisotopic (exact) mass is 434 g/mol. The first-order chi connectivity index (χ1) is 14.0. The molecule has 0 bridgehead atoms. The number of pyridine rings is 1. The Labute approximate surface area is 181 Å². The van der Waals surface area contributed by atoms with Gasteiger partial charge in [-0.1, -0.05) is 17.7 Å². The number of amides is 1. The number of hydrogen-bond donors (Lipinski definition) is 1. The van der Waals surface area contributed by atoms with Crippen molar-refractivity contribution in [2.45, 2.75) is 6.42 Å². The van der Waals surface area contributed by atoms with Crippen LogP contribution in [-0.4, -0.2) is 80.0 Å². The Morgan fingerprint density at radius 3 is 2.76 bits per heavy atom. The van der Waals surface area contributed by atoms with Gasteiger partial charge in [0, 0.05) is 64.1 Å². The molecule has 0 aromatic carbocycles. The predicted molar refractivity (Wildman–Crippen MR) is 120 cm³/mol. The zero-order valence-corrected chi connectivity index (χ0v) is 18.4. The van der Waals surface area contributed by atoms with Crippen LogP contribution in [-0.2, 0) is 11.2 Å². The van der Waals surface area contributed by atoms with Crippen molar-refractivity contribution < 1.29 is 4.79 Å². The normalized spacial score (nSPS) is 14.8. The molecule has 0 atom stereocenters. The summed E-state index contributed by atoms with van der Waals surface area (Å²) in [5.41, 5.74) is 1.01. The minimum absolute atomic E-state index is 0.00948. The summed E-state index contributed by atoms with van der Waals surface area (Å²) in [5.74, 6) is 0.780. The molecular formula is C20H27ClN6OS. The van der Waals surface area contributed by atoms with E-state index in [4.69, 9.17) is 11.6 Å². The Morgan fingerprint density at radius 1 is 1.31 bits per heavy atom. The summed E-state index contributed by atoms with van der Waals surface area (Å²) in [5, 5.41) is 6.20. The lowest BCUT2D eigenvalue weighted by atomic mass is 10.2. The number of thiophene rings is 1. The number of aromatic nitrogens is 1. The van der Waals surface area contributed by atoms with E-state index < -0.39 is 0 Å². The summed E-state index contributed by atoms with van der Waals surface area (Å²) in [4.78, 5) is 28.0. The van der Waals surface area contributed by atoms with E-state index in [-0.39, 0.29) is 12.5 Å². The third kappa shape index (κ3) is 6.08. The highest BCUT2D eigenvalue weighted by molar-refractivity contribution is 7.09. The van der Waals surface area contributed by atoms with E-state index in [0.29, 0.717) is 5.02 Å². The van der Waals surface area contributed by atoms with Crippen LogP contribution < -0.4 is 10.2 Å². The quantitative estimate of drug-likeness (QED) is 0.557. The Hall–Kier alpha value is -2.32. The molecule has 1 amide bonds. The van der Waals surface area contributed by atoms with Crippen molar-refractivity contribution in [2.24, 2.45) is 4.99 Å². The lowest BCUT2D eigenvalue weighted by molar-refractivity contribution is -0.127. The van der Waals surface area contributed by atoms with Crippen molar-refractivity contribution in [3.63, 3.8) is 0 Å². The first-order valence-corrected chi connectivity index (χ1v) is 10.9. The standard InChI is InChI=1S/C20H27ClN6OS/c1-25(2)19(28)15-24-20(23-8-5-16-4-3-13-29-16)27-11-9-26(10-12-27)18-6-7-22-14-17(18)21/h3-4,6-7,13-14H,5,8-12,15H2,1-2H3,(H,23,24). The second-order valence-electron chi connectivity index (χ2n) is 6.99. The van der Waals surface area contributed by atoms with Crippen LogP contribution in [0.15, 0.2) is 41.0 Å². The third-order valence-electron chi connectivity index (χ3n) is 4.77. The SMILES string of the molecule is CN(C)C(=O)CN=C(NCCc1cccs1)N1CCN(c2ccncc2Cl)CC1. The van der Waals surface area contributed by atoms with E-state index in [9.17, 15) is 4.79 Å². The molecule has 0 aliphatic carbocycles. The Kier molecular flexibility index (Phi) is 7.71. The average molecular weight is 435 g/mol. The maximum absolute atomic E-state index is 12.0. The molecule has 9 heteroatoms. The molecule has 0 saturated carbocycles. The number of rotatable bonds is 6. The van der Waals surface area contributed by atoms with Crippen LogP contribution >= 0.6 is 22.9 Å². The van der Waals surface area contributed by atoms with E-state index >= 15 is 0 Å². The summed E-state index contributed by atoms with van der Waals surface area (Å²) in [6.45, 7) is 4.20. The molecule has 2 aromatic heterocycles. The van der Waals surface area contributed by atoms with Gasteiger partial charge in [0.25, 0.3) is 0 Å². The number of aliphatic imine (C=N–C) groups is 1. The maximum atomic E-state index is 12.0. The molecular weight excluding hydrogens is 408 g/mol. The van der Waals surface area contributed by atoms with Gasteiger partial charge >= 0.3 is 0 Å². The van der Waals surface area contributed by atoms with E-state index in [1.807, 2.05) is 6.07 Å². The fraction of sp³-hybridized carbons (Fsp3) is 0.450. The van der Waals surface area contributed by atoms with Crippen LogP contribution in [0, 0.1) is 0 Å². The van der Waals surface area contributed by atoms with E-state index in [0.717, 1.165) is 50.8 Å². The summed E-state index contributed by atoms with van der Waals surface area (Å²) >= 11 is 8.05. The van der Waals surface area contributed by atoms with Crippen molar-refractivity contribution in [3.05, 3.63) is 45.9 Å². The molecule has 0 unspecified atom stereocenters. The third-order valence-corrected chi connectivity index (χ3v) is 6.00. The molecule has 1 saturated heterocycles. The summed E-state index contributed by atoms with van der Waals surface area (Å²) < 4.78 is 0. The van der Waals surface area contributed by atoms with Gasteiger partial charge in [0.15, 0.2) is 5.96 Å². The van der Waals surface area contributed by atoms with Crippen LogP contribution in [0.25, 0.3) is 0 Å². The predicted octanol–water partition coefficient (Wildman–Crippen LogP) is 2.19. The van der Waals surface area contributed by atoms with Crippen molar-refractivity contribution in [1.29, 1.82) is 0 Å². The Morgan fingerprint density at radius 2 is 2.10 bits per heavy atom. The lowest BCUT2D eigenvalue weighted by Crippen LogP contribution is -2.53. The van der Waals surface area contributed by atoms with Gasteiger partial charge < -0.3 is 20.0 Å². The molecule has 1 aliphatic rings. The fourth-order valence-electron chi connectivity index (χ4n) is 3.09. The van der Waals surface area contributed by atoms with Crippen LogP contribution in [0.2, 0.25) is 5.02 Å². The highest BCUT2D eigenvalue weighted by atomic mass is 35.5. The van der Waals surface area contributed by atoms with Gasteiger partial charge in [-0.15, -0.1) is 11.3 Å². The molecule has 0 radical (unpaired) electrons. The summed E-state index contributed by atoms with van der Waals surface area (Å²) in [7, 11) is 3.50. The number of guanidine groups is 1. The van der Waals surface area contributed by atoms with Gasteiger partial charge in [0.2, 0.25) is 5.91 Å². The molecule has 156 valence electrons. The number of hydrogen-bond acceptors (Lipinski definition) is 5. The minimum Gasteiger partial charge on any atom is -0.367 e. The fourth-order valence-corrected chi connectivity index (χ4v) is 4.04. The molecule has 3 rings (SSSR count). The average Bonchev–Trinajstić information content (AvgIpc) is 3.24. The Balaban J connectivity index is 1.61. The van der Waals surface area contributed by atoms with Gasteiger partial charge in [0.05, 0.1) is 10.7 Å². The van der Waals surface area contributed by atoms with Crippen LogP contribution in [0.3, 0.4) is 0 Å². The molecule has 7 nitrogen and oxygen atoms in total. The maximum Gasteiger partial charge on any atom is 0.243 e. The number of nitrogens with zero attached hydrogens (tertiary/aromatic N) is 5. The number of carbonyl (C=O) groups is 1. The molecule has 2 aromatic rings. The van der Waals surface area contributed by atoms with Gasteiger partial charge in [0.1, 0.15) is 6.54 Å². The van der Waals surface area contributed by atoms with Crippen molar-refractivity contribution in [2.75, 3.05) is 58.3 Å². The lowest BCUT2D eigenvalue weighted by Gasteiger charge is -2.38. The molecule has 3 heterocycles. The number of nitrogens with one attached hydrogen (secondary N) is 1. The van der Waals surface area contributed by atoms with Gasteiger partial charge in [-0.3, -0.25) is 9.78 Å². The second kappa shape index (κ2) is 10.5. The largest absolute Gasteiger partial charge is 0.367 e. The summed E-state index contributed by atoms with van der Waals surface area (Å²) in [6.07, 6.45) is 4.37. The molecule has 29 heavy (non-hydrogen) atoms. The number of piperazine rings is 1. The van der Waals surface area contributed by atoms with Gasteiger partial charge in [-0.2, -0.15) is 0 Å². The number of anilines is 1. The van der Waals surface area contributed by atoms with Gasteiger partial charge in [-0.05, 0) is 23.9 Å². The van der Waals surface area contributed by atoms with Gasteiger partial charge in [-0.25, -0.2) is 4.99 Å². The highest BCUT2D eigenvalue weighted by Gasteiger charge is 2.21. The molecule has 1 fully saturated rings. The van der Waals surface area contributed by atoms with E-state index in [1.54, 1.807) is 42.7 Å². The molecule has 0 spiro atoms. The van der Waals surface area contributed by atoms with Crippen molar-refractivity contribution >= 4 is 40.5 Å². The minimum atomic E-state index is -0.00948. The zero-order chi connectivity index (χ0) is 20.6. The number of likely N-dealkylation sites (N-methyl/N-ethyl adjacent to an activating group) is 1. The number of halogens is 1. The Bertz CT molecular complexity index is 818. The highest BCUT2D eigenvalue weighted by Crippen LogP contribution is 2.25. The van der Waals surface area contributed by atoms with Crippen molar-refractivity contribution in [3.8, 4) is 0 Å². The van der Waals surface area contributed by atoms with Crippen molar-refractivity contribution in [1.82, 2.24) is 20.1 Å². The molecule has 1 N–H and O–H groups in total. The van der Waals surface area contributed by atoms with E-state index in [2.05, 4.69) is 42.6 Å².